The highest BCUT2D eigenvalue weighted by molar-refractivity contribution is 7.18. The molecule has 3 rings (SSSR count). The Morgan fingerprint density at radius 3 is 3.00 bits per heavy atom. The Morgan fingerprint density at radius 1 is 1.35 bits per heavy atom. The lowest BCUT2D eigenvalue weighted by atomic mass is 9.99. The number of carbonyl (C=O) groups is 2. The molecule has 1 saturated heterocycles. The molecular formula is C19H26N4O2S. The van der Waals surface area contributed by atoms with Gasteiger partial charge >= 0.3 is 6.03 Å². The quantitative estimate of drug-likeness (QED) is 0.762. The summed E-state index contributed by atoms with van der Waals surface area (Å²) in [5.74, 6) is 0.108. The number of para-hydroxylation sites is 1. The molecule has 0 saturated carbocycles. The molecule has 1 aromatic carbocycles. The highest BCUT2D eigenvalue weighted by Crippen LogP contribution is 2.32. The van der Waals surface area contributed by atoms with E-state index in [0.717, 1.165) is 49.3 Å². The van der Waals surface area contributed by atoms with Gasteiger partial charge in [-0.25, -0.2) is 9.78 Å². The van der Waals surface area contributed by atoms with Crippen LogP contribution in [0, 0.1) is 0 Å². The van der Waals surface area contributed by atoms with Crippen molar-refractivity contribution in [3.05, 3.63) is 29.3 Å². The third-order valence-electron chi connectivity index (χ3n) is 4.60. The highest BCUT2D eigenvalue weighted by Gasteiger charge is 2.25. The van der Waals surface area contributed by atoms with Crippen molar-refractivity contribution in [1.29, 1.82) is 0 Å². The van der Waals surface area contributed by atoms with Gasteiger partial charge in [0.05, 0.1) is 21.8 Å². The third kappa shape index (κ3) is 5.02. The van der Waals surface area contributed by atoms with Crippen LogP contribution in [0.1, 0.15) is 43.5 Å². The summed E-state index contributed by atoms with van der Waals surface area (Å²) in [7, 11) is 0. The molecule has 1 aromatic heterocycles. The number of hydrogen-bond donors (Lipinski definition) is 2. The van der Waals surface area contributed by atoms with E-state index in [1.165, 1.54) is 4.70 Å². The fraction of sp³-hybridized carbons (Fsp3) is 0.526. The number of benzene rings is 1. The number of nitrogens with zero attached hydrogens (tertiary/aromatic N) is 2. The number of nitrogens with one attached hydrogen (secondary N) is 2. The summed E-state index contributed by atoms with van der Waals surface area (Å²) in [5, 5.41) is 6.27. The van der Waals surface area contributed by atoms with E-state index < -0.39 is 6.03 Å². The Morgan fingerprint density at radius 2 is 2.19 bits per heavy atom. The molecule has 1 aliphatic rings. The van der Waals surface area contributed by atoms with Crippen LogP contribution in [-0.4, -0.2) is 48.0 Å². The molecule has 1 fully saturated rings. The SMILES string of the molecule is CCCCNC(=O)NC(=O)CN1CCC[C@@H](c2nc3ccccc3s2)C1. The second-order valence-corrected chi connectivity index (χ2v) is 7.81. The Kier molecular flexibility index (Phi) is 6.57. The summed E-state index contributed by atoms with van der Waals surface area (Å²) < 4.78 is 1.21. The number of unbranched alkanes of at least 4 members (excludes halogenated alkanes) is 1. The molecule has 1 atom stereocenters. The molecule has 0 bridgehead atoms. The van der Waals surface area contributed by atoms with Gasteiger partial charge in [-0.1, -0.05) is 25.5 Å². The maximum absolute atomic E-state index is 12.1. The molecule has 2 aromatic rings. The molecule has 0 spiro atoms. The van der Waals surface area contributed by atoms with Crippen molar-refractivity contribution in [1.82, 2.24) is 20.5 Å². The van der Waals surface area contributed by atoms with Crippen molar-refractivity contribution >= 4 is 33.5 Å². The number of thiazole rings is 1. The van der Waals surface area contributed by atoms with E-state index in [4.69, 9.17) is 4.98 Å². The van der Waals surface area contributed by atoms with Crippen LogP contribution in [0.15, 0.2) is 24.3 Å². The maximum Gasteiger partial charge on any atom is 0.321 e. The van der Waals surface area contributed by atoms with Gasteiger partial charge in [0.2, 0.25) is 5.91 Å². The first-order chi connectivity index (χ1) is 12.7. The minimum Gasteiger partial charge on any atom is -0.338 e. The van der Waals surface area contributed by atoms with E-state index in [2.05, 4.69) is 28.5 Å². The van der Waals surface area contributed by atoms with Gasteiger partial charge in [-0.2, -0.15) is 0 Å². The zero-order valence-electron chi connectivity index (χ0n) is 15.2. The lowest BCUT2D eigenvalue weighted by Gasteiger charge is -2.31. The molecule has 2 heterocycles. The van der Waals surface area contributed by atoms with E-state index >= 15 is 0 Å². The Bertz CT molecular complexity index is 728. The van der Waals surface area contributed by atoms with Crippen molar-refractivity contribution in [2.24, 2.45) is 0 Å². The molecule has 7 heteroatoms. The maximum atomic E-state index is 12.1. The van der Waals surface area contributed by atoms with Crippen molar-refractivity contribution in [2.75, 3.05) is 26.2 Å². The minimum atomic E-state index is -0.400. The van der Waals surface area contributed by atoms with E-state index in [9.17, 15) is 9.59 Å². The number of amides is 3. The monoisotopic (exact) mass is 374 g/mol. The molecule has 140 valence electrons. The molecule has 2 N–H and O–H groups in total. The van der Waals surface area contributed by atoms with Crippen LogP contribution >= 0.6 is 11.3 Å². The summed E-state index contributed by atoms with van der Waals surface area (Å²) in [6.07, 6.45) is 4.05. The standard InChI is InChI=1S/C19H26N4O2S/c1-2-3-10-20-19(25)22-17(24)13-23-11-6-7-14(12-23)18-21-15-8-4-5-9-16(15)26-18/h4-5,8-9,14H,2-3,6-7,10-13H2,1H3,(H2,20,22,24,25)/t14-/m1/s1. The number of carbonyl (C=O) groups excluding carboxylic acids is 2. The fourth-order valence-electron chi connectivity index (χ4n) is 3.26. The average molecular weight is 375 g/mol. The van der Waals surface area contributed by atoms with Gasteiger partial charge in [0, 0.05) is 19.0 Å². The molecule has 1 aliphatic heterocycles. The van der Waals surface area contributed by atoms with Crippen LogP contribution in [0.3, 0.4) is 0 Å². The van der Waals surface area contributed by atoms with Gasteiger partial charge in [0.25, 0.3) is 0 Å². The first-order valence-electron chi connectivity index (χ1n) is 9.31. The lowest BCUT2D eigenvalue weighted by Crippen LogP contribution is -2.46. The normalized spacial score (nSPS) is 18.0. The topological polar surface area (TPSA) is 74.3 Å². The molecule has 6 nitrogen and oxygen atoms in total. The fourth-order valence-corrected chi connectivity index (χ4v) is 4.35. The van der Waals surface area contributed by atoms with Gasteiger partial charge in [-0.05, 0) is 37.9 Å². The summed E-state index contributed by atoms with van der Waals surface area (Å²) in [6, 6.07) is 7.79. The molecule has 0 aliphatic carbocycles. The third-order valence-corrected chi connectivity index (χ3v) is 5.80. The second kappa shape index (κ2) is 9.09. The number of hydrogen-bond acceptors (Lipinski definition) is 5. The summed E-state index contributed by atoms with van der Waals surface area (Å²) in [6.45, 7) is 4.60. The average Bonchev–Trinajstić information content (AvgIpc) is 3.06. The number of fused-ring (bicyclic) bond motifs is 1. The van der Waals surface area contributed by atoms with Crippen molar-refractivity contribution in [2.45, 2.75) is 38.5 Å². The van der Waals surface area contributed by atoms with Gasteiger partial charge in [0.15, 0.2) is 0 Å². The van der Waals surface area contributed by atoms with Crippen LogP contribution in [-0.2, 0) is 4.79 Å². The zero-order valence-corrected chi connectivity index (χ0v) is 16.0. The Hall–Kier alpha value is -1.99. The number of piperidine rings is 1. The first kappa shape index (κ1) is 18.8. The summed E-state index contributed by atoms with van der Waals surface area (Å²) in [4.78, 5) is 30.7. The van der Waals surface area contributed by atoms with Crippen LogP contribution in [0.25, 0.3) is 10.2 Å². The van der Waals surface area contributed by atoms with Crippen LogP contribution in [0.2, 0.25) is 0 Å². The number of likely N-dealkylation sites (tertiary alicyclic amines) is 1. The second-order valence-electron chi connectivity index (χ2n) is 6.75. The van der Waals surface area contributed by atoms with E-state index in [1.54, 1.807) is 11.3 Å². The lowest BCUT2D eigenvalue weighted by molar-refractivity contribution is -0.121. The van der Waals surface area contributed by atoms with Crippen molar-refractivity contribution < 1.29 is 9.59 Å². The predicted molar refractivity (Wildman–Crippen MR) is 104 cm³/mol. The van der Waals surface area contributed by atoms with Crippen molar-refractivity contribution in [3.8, 4) is 0 Å². The van der Waals surface area contributed by atoms with Gasteiger partial charge < -0.3 is 5.32 Å². The number of rotatable bonds is 6. The molecule has 26 heavy (non-hydrogen) atoms. The highest BCUT2D eigenvalue weighted by atomic mass is 32.1. The van der Waals surface area contributed by atoms with Crippen molar-refractivity contribution in [3.63, 3.8) is 0 Å². The zero-order chi connectivity index (χ0) is 18.4. The Balaban J connectivity index is 1.51. The molecule has 0 unspecified atom stereocenters. The van der Waals surface area contributed by atoms with E-state index in [0.29, 0.717) is 12.5 Å². The largest absolute Gasteiger partial charge is 0.338 e. The summed E-state index contributed by atoms with van der Waals surface area (Å²) >= 11 is 1.74. The Labute approximate surface area is 158 Å². The van der Waals surface area contributed by atoms with Gasteiger partial charge in [0.1, 0.15) is 0 Å². The molecule has 0 radical (unpaired) electrons. The van der Waals surface area contributed by atoms with E-state index in [1.807, 2.05) is 18.2 Å². The minimum absolute atomic E-state index is 0.246. The first-order valence-corrected chi connectivity index (χ1v) is 10.1. The van der Waals surface area contributed by atoms with Crippen LogP contribution in [0.4, 0.5) is 4.79 Å². The van der Waals surface area contributed by atoms with E-state index in [-0.39, 0.29) is 12.5 Å². The molecular weight excluding hydrogens is 348 g/mol. The number of aromatic nitrogens is 1. The van der Waals surface area contributed by atoms with Gasteiger partial charge in [-0.15, -0.1) is 11.3 Å². The van der Waals surface area contributed by atoms with Gasteiger partial charge in [-0.3, -0.25) is 15.0 Å². The molecule has 3 amide bonds. The van der Waals surface area contributed by atoms with Crippen LogP contribution < -0.4 is 10.6 Å². The number of urea groups is 1. The summed E-state index contributed by atoms with van der Waals surface area (Å²) in [5.41, 5.74) is 1.05. The predicted octanol–water partition coefficient (Wildman–Crippen LogP) is 3.10. The smallest absolute Gasteiger partial charge is 0.321 e. The van der Waals surface area contributed by atoms with Crippen LogP contribution in [0.5, 0.6) is 0 Å². The number of imide groups is 1.